The molecule has 0 aliphatic carbocycles. The van der Waals surface area contributed by atoms with Gasteiger partial charge in [-0.15, -0.1) is 0 Å². The van der Waals surface area contributed by atoms with Gasteiger partial charge in [-0.2, -0.15) is 0 Å². The number of hydrogen-bond acceptors (Lipinski definition) is 2. The van der Waals surface area contributed by atoms with E-state index in [1.54, 1.807) is 0 Å². The van der Waals surface area contributed by atoms with Crippen LogP contribution in [0.25, 0.3) is 5.57 Å². The van der Waals surface area contributed by atoms with E-state index >= 15 is 0 Å². The van der Waals surface area contributed by atoms with Crippen LogP contribution in [0.4, 0.5) is 0 Å². The molecule has 1 fully saturated rings. The molecule has 21 heavy (non-hydrogen) atoms. The van der Waals surface area contributed by atoms with Gasteiger partial charge in [0.1, 0.15) is 0 Å². The third-order valence-corrected chi connectivity index (χ3v) is 4.80. The van der Waals surface area contributed by atoms with Crippen molar-refractivity contribution in [1.82, 2.24) is 9.88 Å². The highest BCUT2D eigenvalue weighted by Gasteiger charge is 2.36. The van der Waals surface area contributed by atoms with Gasteiger partial charge in [0, 0.05) is 31.0 Å². The Morgan fingerprint density at radius 3 is 2.57 bits per heavy atom. The van der Waals surface area contributed by atoms with Gasteiger partial charge >= 0.3 is 0 Å². The minimum atomic E-state index is 0.604. The van der Waals surface area contributed by atoms with Crippen LogP contribution in [0.2, 0.25) is 0 Å². The summed E-state index contributed by atoms with van der Waals surface area (Å²) in [5.41, 5.74) is 4.28. The summed E-state index contributed by atoms with van der Waals surface area (Å²) < 4.78 is 0. The highest BCUT2D eigenvalue weighted by atomic mass is 15.2. The van der Waals surface area contributed by atoms with Crippen molar-refractivity contribution in [2.45, 2.75) is 37.9 Å². The number of hydrogen-bond donors (Lipinski definition) is 0. The van der Waals surface area contributed by atoms with Crippen molar-refractivity contribution >= 4 is 5.57 Å². The molecule has 2 unspecified atom stereocenters. The molecule has 2 bridgehead atoms. The smallest absolute Gasteiger partial charge is 0.0291 e. The van der Waals surface area contributed by atoms with E-state index in [4.69, 9.17) is 0 Å². The summed E-state index contributed by atoms with van der Waals surface area (Å²) in [4.78, 5) is 6.81. The van der Waals surface area contributed by atoms with Crippen molar-refractivity contribution in [3.05, 3.63) is 72.1 Å². The predicted octanol–water partition coefficient (Wildman–Crippen LogP) is 3.90. The van der Waals surface area contributed by atoms with Crippen LogP contribution in [0.1, 0.15) is 30.4 Å². The van der Waals surface area contributed by atoms with Gasteiger partial charge in [0.2, 0.25) is 0 Å². The SMILES string of the molecule is C1=C(c2ccncc2)CC2CCC1N2Cc1ccccc1. The number of aromatic nitrogens is 1. The first-order valence-electron chi connectivity index (χ1n) is 7.81. The van der Waals surface area contributed by atoms with E-state index in [1.807, 2.05) is 12.4 Å². The largest absolute Gasteiger partial charge is 0.289 e. The van der Waals surface area contributed by atoms with Gasteiger partial charge in [0.15, 0.2) is 0 Å². The minimum Gasteiger partial charge on any atom is -0.289 e. The molecule has 0 radical (unpaired) electrons. The molecule has 0 spiro atoms. The first-order valence-corrected chi connectivity index (χ1v) is 7.81. The molecule has 1 saturated heterocycles. The summed E-state index contributed by atoms with van der Waals surface area (Å²) in [6, 6.07) is 16.4. The van der Waals surface area contributed by atoms with E-state index in [0.717, 1.165) is 6.54 Å². The summed E-state index contributed by atoms with van der Waals surface area (Å²) in [6.07, 6.45) is 10.1. The molecule has 4 rings (SSSR count). The average molecular weight is 276 g/mol. The van der Waals surface area contributed by atoms with Crippen molar-refractivity contribution in [2.75, 3.05) is 0 Å². The van der Waals surface area contributed by atoms with Crippen LogP contribution < -0.4 is 0 Å². The summed E-state index contributed by atoms with van der Waals surface area (Å²) in [5, 5.41) is 0. The van der Waals surface area contributed by atoms with Gasteiger partial charge < -0.3 is 0 Å². The maximum atomic E-state index is 4.13. The quantitative estimate of drug-likeness (QED) is 0.845. The van der Waals surface area contributed by atoms with Crippen LogP contribution in [0, 0.1) is 0 Å². The Balaban J connectivity index is 1.57. The molecule has 0 N–H and O–H groups in total. The van der Waals surface area contributed by atoms with E-state index in [0.29, 0.717) is 12.1 Å². The van der Waals surface area contributed by atoms with Gasteiger partial charge in [0.25, 0.3) is 0 Å². The van der Waals surface area contributed by atoms with E-state index in [-0.39, 0.29) is 0 Å². The second-order valence-corrected chi connectivity index (χ2v) is 6.09. The zero-order valence-corrected chi connectivity index (χ0v) is 12.2. The number of nitrogens with zero attached hydrogens (tertiary/aromatic N) is 2. The Morgan fingerprint density at radius 2 is 1.81 bits per heavy atom. The van der Waals surface area contributed by atoms with Crippen LogP contribution in [0.3, 0.4) is 0 Å². The van der Waals surface area contributed by atoms with Crippen molar-refractivity contribution in [3.8, 4) is 0 Å². The molecule has 3 heterocycles. The van der Waals surface area contributed by atoms with Gasteiger partial charge in [-0.25, -0.2) is 0 Å². The Labute approximate surface area is 126 Å². The number of pyridine rings is 1. The molecule has 2 aromatic rings. The fourth-order valence-electron chi connectivity index (χ4n) is 3.74. The molecule has 2 nitrogen and oxygen atoms in total. The lowest BCUT2D eigenvalue weighted by atomic mass is 9.95. The zero-order valence-electron chi connectivity index (χ0n) is 12.2. The van der Waals surface area contributed by atoms with Crippen molar-refractivity contribution in [2.24, 2.45) is 0 Å². The Bertz CT molecular complexity index is 633. The number of benzene rings is 1. The molecule has 2 heteroatoms. The lowest BCUT2D eigenvalue weighted by Crippen LogP contribution is -2.37. The summed E-state index contributed by atoms with van der Waals surface area (Å²) >= 11 is 0. The predicted molar refractivity (Wildman–Crippen MR) is 85.6 cm³/mol. The molecule has 106 valence electrons. The van der Waals surface area contributed by atoms with E-state index in [1.165, 1.54) is 36.0 Å². The second kappa shape index (κ2) is 5.45. The topological polar surface area (TPSA) is 16.1 Å². The Kier molecular flexibility index (Phi) is 3.32. The summed E-state index contributed by atoms with van der Waals surface area (Å²) in [7, 11) is 0. The number of rotatable bonds is 3. The standard InChI is InChI=1S/C19H20N2/c1-2-4-15(5-3-1)14-21-18-6-7-19(21)13-17(12-18)16-8-10-20-11-9-16/h1-5,8-12,18-19H,6-7,13-14H2. The average Bonchev–Trinajstić information content (AvgIpc) is 2.78. The van der Waals surface area contributed by atoms with Gasteiger partial charge in [-0.1, -0.05) is 36.4 Å². The third kappa shape index (κ3) is 2.52. The van der Waals surface area contributed by atoms with Crippen molar-refractivity contribution in [3.63, 3.8) is 0 Å². The van der Waals surface area contributed by atoms with Crippen molar-refractivity contribution < 1.29 is 0 Å². The summed E-state index contributed by atoms with van der Waals surface area (Å²) in [6.45, 7) is 1.08. The Hall–Kier alpha value is -1.93. The maximum Gasteiger partial charge on any atom is 0.0291 e. The van der Waals surface area contributed by atoms with E-state index in [9.17, 15) is 0 Å². The van der Waals surface area contributed by atoms with Crippen LogP contribution in [-0.4, -0.2) is 22.0 Å². The lowest BCUT2D eigenvalue weighted by molar-refractivity contribution is 0.203. The third-order valence-electron chi connectivity index (χ3n) is 4.80. The molecule has 0 amide bonds. The molecular formula is C19H20N2. The van der Waals surface area contributed by atoms with E-state index < -0.39 is 0 Å². The first-order chi connectivity index (χ1) is 10.4. The molecule has 2 aliphatic heterocycles. The molecule has 1 aromatic heterocycles. The lowest BCUT2D eigenvalue weighted by Gasteiger charge is -2.34. The van der Waals surface area contributed by atoms with Gasteiger partial charge in [-0.3, -0.25) is 9.88 Å². The fourth-order valence-corrected chi connectivity index (χ4v) is 3.74. The molecule has 2 atom stereocenters. The van der Waals surface area contributed by atoms with Crippen molar-refractivity contribution in [1.29, 1.82) is 0 Å². The highest BCUT2D eigenvalue weighted by Crippen LogP contribution is 2.39. The normalized spacial score (nSPS) is 24.9. The van der Waals surface area contributed by atoms with Crippen LogP contribution in [0.5, 0.6) is 0 Å². The van der Waals surface area contributed by atoms with Gasteiger partial charge in [-0.05, 0) is 48.1 Å². The van der Waals surface area contributed by atoms with E-state index in [2.05, 4.69) is 58.4 Å². The number of fused-ring (bicyclic) bond motifs is 2. The molecule has 0 saturated carbocycles. The van der Waals surface area contributed by atoms with Crippen LogP contribution >= 0.6 is 0 Å². The maximum absolute atomic E-state index is 4.13. The molecular weight excluding hydrogens is 256 g/mol. The van der Waals surface area contributed by atoms with Gasteiger partial charge in [0.05, 0.1) is 0 Å². The van der Waals surface area contributed by atoms with Crippen LogP contribution in [0.15, 0.2) is 60.9 Å². The minimum absolute atomic E-state index is 0.604. The van der Waals surface area contributed by atoms with Crippen LogP contribution in [-0.2, 0) is 6.54 Å². The molecule has 2 aliphatic rings. The fraction of sp³-hybridized carbons (Fsp3) is 0.316. The second-order valence-electron chi connectivity index (χ2n) is 6.09. The zero-order chi connectivity index (χ0) is 14.1. The molecule has 1 aromatic carbocycles. The summed E-state index contributed by atoms with van der Waals surface area (Å²) in [5.74, 6) is 0. The first kappa shape index (κ1) is 12.8. The monoisotopic (exact) mass is 276 g/mol. The Morgan fingerprint density at radius 1 is 1.00 bits per heavy atom. The highest BCUT2D eigenvalue weighted by molar-refractivity contribution is 5.67.